The van der Waals surface area contributed by atoms with Gasteiger partial charge < -0.3 is 15.3 Å². The van der Waals surface area contributed by atoms with Crippen LogP contribution in [0.1, 0.15) is 77.6 Å². The molecule has 0 aromatic heterocycles. The third-order valence-electron chi connectivity index (χ3n) is 5.72. The van der Waals surface area contributed by atoms with Crippen LogP contribution in [0.3, 0.4) is 0 Å². The van der Waals surface area contributed by atoms with E-state index in [1.165, 1.54) is 0 Å². The van der Waals surface area contributed by atoms with Crippen molar-refractivity contribution < 1.29 is 24.9 Å². The van der Waals surface area contributed by atoms with Crippen LogP contribution in [0, 0.1) is 11.8 Å². The van der Waals surface area contributed by atoms with Gasteiger partial charge in [-0.25, -0.2) is 0 Å². The first-order valence-corrected chi connectivity index (χ1v) is 10.9. The molecule has 1 rings (SSSR count). The number of hydrogen-bond acceptors (Lipinski definition) is 4. The number of Topliss-reactive ketones (excluding diaryl/α,β-unsaturated/α-hetero) is 1. The summed E-state index contributed by atoms with van der Waals surface area (Å²) >= 11 is 0. The molecular formula is C24H38O5. The quantitative estimate of drug-likeness (QED) is 0.273. The van der Waals surface area contributed by atoms with Gasteiger partial charge in [-0.2, -0.15) is 0 Å². The number of carbonyl (C=O) groups excluding carboxylic acids is 1. The Morgan fingerprint density at radius 3 is 2.62 bits per heavy atom. The van der Waals surface area contributed by atoms with Crippen molar-refractivity contribution in [3.8, 4) is 0 Å². The van der Waals surface area contributed by atoms with Crippen LogP contribution < -0.4 is 0 Å². The average molecular weight is 407 g/mol. The summed E-state index contributed by atoms with van der Waals surface area (Å²) in [6, 6.07) is 0. The number of carboxylic acid groups (broad SMARTS) is 1. The third kappa shape index (κ3) is 9.55. The Bertz CT molecular complexity index is 580. The van der Waals surface area contributed by atoms with E-state index in [-0.39, 0.29) is 30.5 Å². The first-order chi connectivity index (χ1) is 13.8. The third-order valence-corrected chi connectivity index (χ3v) is 5.72. The zero-order valence-electron chi connectivity index (χ0n) is 17.8. The van der Waals surface area contributed by atoms with Gasteiger partial charge in [0.15, 0.2) is 0 Å². The van der Waals surface area contributed by atoms with Crippen molar-refractivity contribution >= 4 is 11.8 Å². The van der Waals surface area contributed by atoms with Crippen LogP contribution in [0.2, 0.25) is 0 Å². The fraction of sp³-hybridized carbons (Fsp3) is 0.667. The first-order valence-electron chi connectivity index (χ1n) is 10.9. The van der Waals surface area contributed by atoms with Crippen LogP contribution in [0.25, 0.3) is 0 Å². The Morgan fingerprint density at radius 1 is 1.21 bits per heavy atom. The minimum absolute atomic E-state index is 0.0564. The molecule has 0 spiro atoms. The Morgan fingerprint density at radius 2 is 1.97 bits per heavy atom. The molecule has 5 heteroatoms. The smallest absolute Gasteiger partial charge is 0.303 e. The minimum Gasteiger partial charge on any atom is -0.481 e. The predicted molar refractivity (Wildman–Crippen MR) is 116 cm³/mol. The van der Waals surface area contributed by atoms with Gasteiger partial charge in [-0.3, -0.25) is 9.59 Å². The number of allylic oxidation sites excluding steroid dienone is 2. The molecule has 3 N–H and O–H groups in total. The molecule has 1 fully saturated rings. The van der Waals surface area contributed by atoms with Gasteiger partial charge in [0, 0.05) is 24.7 Å². The van der Waals surface area contributed by atoms with Gasteiger partial charge in [0.25, 0.3) is 0 Å². The lowest BCUT2D eigenvalue weighted by Crippen LogP contribution is -2.25. The standard InChI is InChI=1S/C24H38O5/c1-3-5-6-11-16-24(29,4-2)17-12-14-20-19(21(25)18-22(20)26)13-9-7-8-10-15-23(27)28/h4,7,9,12,14,19-20,22,26,29H,2-3,5-6,8,10-11,13,15-18H2,1H3,(H,27,28)/b9-7-,14-12+/t19-,20-,22-,24?/m1/s1. The SMILES string of the molecule is C=CC(O)(C/C=C/[C@H]1[C@H](O)CC(=O)[C@@H]1C/C=C\CCCC(=O)O)CCCCCC. The van der Waals surface area contributed by atoms with Crippen LogP contribution in [0.4, 0.5) is 0 Å². The van der Waals surface area contributed by atoms with Gasteiger partial charge in [0.1, 0.15) is 5.78 Å². The Kier molecular flexibility index (Phi) is 11.8. The lowest BCUT2D eigenvalue weighted by Gasteiger charge is -2.23. The van der Waals surface area contributed by atoms with Gasteiger partial charge in [0.05, 0.1) is 11.7 Å². The van der Waals surface area contributed by atoms with Crippen molar-refractivity contribution in [3.05, 3.63) is 37.0 Å². The maximum Gasteiger partial charge on any atom is 0.303 e. The summed E-state index contributed by atoms with van der Waals surface area (Å²) in [4.78, 5) is 22.8. The van der Waals surface area contributed by atoms with Gasteiger partial charge in [-0.05, 0) is 32.1 Å². The largest absolute Gasteiger partial charge is 0.481 e. The zero-order valence-corrected chi connectivity index (χ0v) is 17.8. The molecule has 0 amide bonds. The predicted octanol–water partition coefficient (Wildman–Crippen LogP) is 4.59. The van der Waals surface area contributed by atoms with Crippen LogP contribution >= 0.6 is 0 Å². The summed E-state index contributed by atoms with van der Waals surface area (Å²) < 4.78 is 0. The maximum absolute atomic E-state index is 12.3. The highest BCUT2D eigenvalue weighted by atomic mass is 16.4. The fourth-order valence-corrected chi connectivity index (χ4v) is 3.83. The second-order valence-electron chi connectivity index (χ2n) is 8.17. The Balaban J connectivity index is 2.56. The van der Waals surface area contributed by atoms with E-state index in [0.29, 0.717) is 32.1 Å². The average Bonchev–Trinajstić information content (AvgIpc) is 2.94. The first kappa shape index (κ1) is 25.3. The molecule has 1 saturated carbocycles. The fourth-order valence-electron chi connectivity index (χ4n) is 3.83. The van der Waals surface area contributed by atoms with Crippen molar-refractivity contribution in [1.82, 2.24) is 0 Å². The highest BCUT2D eigenvalue weighted by Gasteiger charge is 2.39. The summed E-state index contributed by atoms with van der Waals surface area (Å²) in [5.74, 6) is -1.26. The van der Waals surface area contributed by atoms with Crippen LogP contribution in [0.5, 0.6) is 0 Å². The summed E-state index contributed by atoms with van der Waals surface area (Å²) in [5.41, 5.74) is -0.947. The molecule has 1 unspecified atom stereocenters. The van der Waals surface area contributed by atoms with Crippen LogP contribution in [0.15, 0.2) is 37.0 Å². The number of hydrogen-bond donors (Lipinski definition) is 3. The zero-order chi connectivity index (χ0) is 21.7. The van der Waals surface area contributed by atoms with Crippen LogP contribution in [-0.2, 0) is 9.59 Å². The van der Waals surface area contributed by atoms with E-state index < -0.39 is 17.7 Å². The number of aliphatic hydroxyl groups excluding tert-OH is 1. The highest BCUT2D eigenvalue weighted by Crippen LogP contribution is 2.34. The van der Waals surface area contributed by atoms with Crippen molar-refractivity contribution in [2.45, 2.75) is 89.3 Å². The summed E-state index contributed by atoms with van der Waals surface area (Å²) in [6.45, 7) is 5.92. The molecule has 0 aliphatic heterocycles. The number of carboxylic acids is 1. The van der Waals surface area contributed by atoms with E-state index in [4.69, 9.17) is 5.11 Å². The molecule has 0 saturated heterocycles. The van der Waals surface area contributed by atoms with E-state index >= 15 is 0 Å². The van der Waals surface area contributed by atoms with E-state index in [0.717, 1.165) is 25.7 Å². The second-order valence-corrected chi connectivity index (χ2v) is 8.17. The highest BCUT2D eigenvalue weighted by molar-refractivity contribution is 5.84. The van der Waals surface area contributed by atoms with Crippen molar-refractivity contribution in [1.29, 1.82) is 0 Å². The Hall–Kier alpha value is -1.72. The lowest BCUT2D eigenvalue weighted by atomic mass is 9.88. The molecule has 0 aromatic rings. The summed E-state index contributed by atoms with van der Waals surface area (Å²) in [6.07, 6.45) is 16.0. The van der Waals surface area contributed by atoms with Gasteiger partial charge in [-0.1, -0.05) is 63.0 Å². The van der Waals surface area contributed by atoms with E-state index in [9.17, 15) is 19.8 Å². The van der Waals surface area contributed by atoms with Gasteiger partial charge >= 0.3 is 5.97 Å². The molecule has 1 aliphatic rings. The molecule has 0 aromatic carbocycles. The Labute approximate surface area is 175 Å². The van der Waals surface area contributed by atoms with Gasteiger partial charge in [-0.15, -0.1) is 6.58 Å². The topological polar surface area (TPSA) is 94.8 Å². The molecule has 0 heterocycles. The molecular weight excluding hydrogens is 368 g/mol. The van der Waals surface area contributed by atoms with E-state index in [1.54, 1.807) is 6.08 Å². The number of unbranched alkanes of at least 4 members (excludes halogenated alkanes) is 4. The van der Waals surface area contributed by atoms with Crippen LogP contribution in [-0.4, -0.2) is 38.8 Å². The van der Waals surface area contributed by atoms with Crippen molar-refractivity contribution in [2.24, 2.45) is 11.8 Å². The summed E-state index contributed by atoms with van der Waals surface area (Å²) in [7, 11) is 0. The molecule has 0 radical (unpaired) electrons. The molecule has 5 nitrogen and oxygen atoms in total. The molecule has 1 aliphatic carbocycles. The number of aliphatic hydroxyl groups is 2. The number of ketones is 1. The van der Waals surface area contributed by atoms with Crippen molar-refractivity contribution in [3.63, 3.8) is 0 Å². The molecule has 4 atom stereocenters. The van der Waals surface area contributed by atoms with E-state index in [2.05, 4.69) is 13.5 Å². The normalized spacial score (nSPS) is 24.4. The maximum atomic E-state index is 12.3. The van der Waals surface area contributed by atoms with Gasteiger partial charge in [0.2, 0.25) is 0 Å². The summed E-state index contributed by atoms with van der Waals surface area (Å²) in [5, 5.41) is 29.6. The monoisotopic (exact) mass is 406 g/mol. The lowest BCUT2D eigenvalue weighted by molar-refractivity contribution is -0.137. The number of aliphatic carboxylic acids is 1. The minimum atomic E-state index is -0.947. The molecule has 164 valence electrons. The number of carbonyl (C=O) groups is 2. The van der Waals surface area contributed by atoms with Crippen molar-refractivity contribution in [2.75, 3.05) is 0 Å². The second kappa shape index (κ2) is 13.5. The van der Waals surface area contributed by atoms with E-state index in [1.807, 2.05) is 24.3 Å². The molecule has 29 heavy (non-hydrogen) atoms. The molecule has 0 bridgehead atoms. The number of rotatable bonds is 15.